The number of carbonyl (C=O) groups excluding carboxylic acids is 1. The molecule has 6 nitrogen and oxygen atoms in total. The van der Waals surface area contributed by atoms with Gasteiger partial charge in [0.05, 0.1) is 14.2 Å². The molecule has 0 saturated heterocycles. The third kappa shape index (κ3) is 4.89. The van der Waals surface area contributed by atoms with E-state index in [2.05, 4.69) is 0 Å². The molecule has 0 aliphatic carbocycles. The predicted molar refractivity (Wildman–Crippen MR) is 99.5 cm³/mol. The molecule has 26 heavy (non-hydrogen) atoms. The quantitative estimate of drug-likeness (QED) is 0.755. The maximum absolute atomic E-state index is 12.9. The fourth-order valence-corrected chi connectivity index (χ4v) is 2.60. The number of hydrogen-bond donors (Lipinski definition) is 1. The van der Waals surface area contributed by atoms with Crippen LogP contribution in [0.15, 0.2) is 42.5 Å². The summed E-state index contributed by atoms with van der Waals surface area (Å²) in [6.07, 6.45) is 0.292. The number of nitrogens with zero attached hydrogens (tertiary/aromatic N) is 1. The highest BCUT2D eigenvalue weighted by atomic mass is 35.5. The zero-order valence-electron chi connectivity index (χ0n) is 14.6. The Morgan fingerprint density at radius 2 is 1.69 bits per heavy atom. The molecule has 0 fully saturated rings. The van der Waals surface area contributed by atoms with Crippen molar-refractivity contribution in [2.45, 2.75) is 12.8 Å². The normalized spacial score (nSPS) is 10.3. The fourth-order valence-electron chi connectivity index (χ4n) is 2.48. The van der Waals surface area contributed by atoms with Crippen LogP contribution in [0.2, 0.25) is 5.02 Å². The molecule has 1 N–H and O–H groups in total. The number of carbonyl (C=O) groups is 2. The van der Waals surface area contributed by atoms with Crippen molar-refractivity contribution in [3.8, 4) is 11.5 Å². The summed E-state index contributed by atoms with van der Waals surface area (Å²) in [6, 6.07) is 11.7. The average molecular weight is 378 g/mol. The van der Waals surface area contributed by atoms with E-state index in [4.69, 9.17) is 26.2 Å². The van der Waals surface area contributed by atoms with E-state index in [1.807, 2.05) is 0 Å². The van der Waals surface area contributed by atoms with Crippen LogP contribution in [0.4, 0.5) is 5.69 Å². The second-order valence-corrected chi connectivity index (χ2v) is 5.94. The third-order valence-electron chi connectivity index (χ3n) is 3.79. The minimum absolute atomic E-state index is 0.0301. The lowest BCUT2D eigenvalue weighted by Crippen LogP contribution is -2.32. The molecule has 0 saturated carbocycles. The van der Waals surface area contributed by atoms with Crippen LogP contribution in [0, 0.1) is 0 Å². The van der Waals surface area contributed by atoms with Crippen LogP contribution in [-0.4, -0.2) is 37.7 Å². The Morgan fingerprint density at radius 3 is 2.27 bits per heavy atom. The van der Waals surface area contributed by atoms with Gasteiger partial charge in [0.15, 0.2) is 11.5 Å². The molecule has 0 aliphatic rings. The molecular formula is C19H20ClNO5. The molecule has 7 heteroatoms. The lowest BCUT2D eigenvalue weighted by atomic mass is 10.1. The molecule has 0 heterocycles. The number of hydrogen-bond acceptors (Lipinski definition) is 4. The number of halogens is 1. The number of amides is 1. The predicted octanol–water partition coefficient (Wildman–Crippen LogP) is 3.87. The Kier molecular flexibility index (Phi) is 6.86. The number of benzene rings is 2. The van der Waals surface area contributed by atoms with Crippen LogP contribution in [-0.2, 0) is 4.79 Å². The molecule has 0 aromatic heterocycles. The number of methoxy groups -OCH3 is 2. The van der Waals surface area contributed by atoms with Crippen molar-refractivity contribution in [2.24, 2.45) is 0 Å². The van der Waals surface area contributed by atoms with E-state index in [0.29, 0.717) is 34.2 Å². The number of carboxylic acid groups (broad SMARTS) is 1. The molecule has 0 atom stereocenters. The molecule has 0 bridgehead atoms. The van der Waals surface area contributed by atoms with Gasteiger partial charge in [0.1, 0.15) is 0 Å². The van der Waals surface area contributed by atoms with Gasteiger partial charge in [-0.1, -0.05) is 11.6 Å². The highest BCUT2D eigenvalue weighted by Gasteiger charge is 2.19. The van der Waals surface area contributed by atoms with E-state index in [-0.39, 0.29) is 18.9 Å². The first-order valence-corrected chi connectivity index (χ1v) is 8.35. The van der Waals surface area contributed by atoms with Gasteiger partial charge < -0.3 is 19.5 Å². The lowest BCUT2D eigenvalue weighted by molar-refractivity contribution is -0.137. The number of ether oxygens (including phenoxy) is 2. The van der Waals surface area contributed by atoms with Crippen molar-refractivity contribution >= 4 is 29.2 Å². The zero-order valence-corrected chi connectivity index (χ0v) is 15.3. The van der Waals surface area contributed by atoms with E-state index < -0.39 is 5.97 Å². The lowest BCUT2D eigenvalue weighted by Gasteiger charge is -2.24. The summed E-state index contributed by atoms with van der Waals surface area (Å²) in [6.45, 7) is 0.253. The number of carboxylic acids is 1. The third-order valence-corrected chi connectivity index (χ3v) is 4.04. The van der Waals surface area contributed by atoms with E-state index in [1.165, 1.54) is 19.1 Å². The molecule has 0 spiro atoms. The Bertz CT molecular complexity index is 776. The molecule has 0 aliphatic heterocycles. The fraction of sp³-hybridized carbons (Fsp3) is 0.263. The molecule has 0 radical (unpaired) electrons. The Hall–Kier alpha value is -2.73. The first-order chi connectivity index (χ1) is 12.5. The van der Waals surface area contributed by atoms with Crippen molar-refractivity contribution in [2.75, 3.05) is 25.7 Å². The summed E-state index contributed by atoms with van der Waals surface area (Å²) < 4.78 is 10.5. The summed E-state index contributed by atoms with van der Waals surface area (Å²) >= 11 is 5.88. The second-order valence-electron chi connectivity index (χ2n) is 5.50. The van der Waals surface area contributed by atoms with Crippen molar-refractivity contribution in [3.63, 3.8) is 0 Å². The van der Waals surface area contributed by atoms with Gasteiger partial charge in [0.2, 0.25) is 0 Å². The van der Waals surface area contributed by atoms with Crippen LogP contribution in [0.25, 0.3) is 0 Å². The van der Waals surface area contributed by atoms with Gasteiger partial charge >= 0.3 is 5.97 Å². The maximum atomic E-state index is 12.9. The Labute approximate surface area is 156 Å². The summed E-state index contributed by atoms with van der Waals surface area (Å²) in [5.74, 6) is -0.131. The average Bonchev–Trinajstić information content (AvgIpc) is 2.64. The van der Waals surface area contributed by atoms with Crippen LogP contribution in [0.1, 0.15) is 23.2 Å². The molecule has 2 rings (SSSR count). The van der Waals surface area contributed by atoms with E-state index in [0.717, 1.165) is 0 Å². The van der Waals surface area contributed by atoms with E-state index in [9.17, 15) is 9.59 Å². The van der Waals surface area contributed by atoms with Gasteiger partial charge in [0.25, 0.3) is 5.91 Å². The van der Waals surface area contributed by atoms with Gasteiger partial charge in [-0.15, -0.1) is 0 Å². The van der Waals surface area contributed by atoms with Crippen LogP contribution < -0.4 is 14.4 Å². The molecule has 0 unspecified atom stereocenters. The minimum atomic E-state index is -0.906. The standard InChI is InChI=1S/C19H20ClNO5/c1-25-16-10-9-15(12-17(16)26-2)21(11-3-4-18(22)23)19(24)13-5-7-14(20)8-6-13/h5-10,12H,3-4,11H2,1-2H3,(H,22,23). The molecule has 2 aromatic carbocycles. The number of aliphatic carboxylic acids is 1. The first kappa shape index (κ1) is 19.6. The van der Waals surface area contributed by atoms with Crippen LogP contribution >= 0.6 is 11.6 Å². The number of rotatable bonds is 8. The molecular weight excluding hydrogens is 358 g/mol. The first-order valence-electron chi connectivity index (χ1n) is 7.97. The maximum Gasteiger partial charge on any atom is 0.303 e. The highest BCUT2D eigenvalue weighted by Crippen LogP contribution is 2.32. The topological polar surface area (TPSA) is 76.1 Å². The Balaban J connectivity index is 2.35. The largest absolute Gasteiger partial charge is 0.493 e. The van der Waals surface area contributed by atoms with Crippen molar-refractivity contribution in [1.29, 1.82) is 0 Å². The van der Waals surface area contributed by atoms with Crippen LogP contribution in [0.5, 0.6) is 11.5 Å². The van der Waals surface area contributed by atoms with Crippen molar-refractivity contribution < 1.29 is 24.2 Å². The zero-order chi connectivity index (χ0) is 19.1. The minimum Gasteiger partial charge on any atom is -0.493 e. The van der Waals surface area contributed by atoms with E-state index >= 15 is 0 Å². The SMILES string of the molecule is COc1ccc(N(CCCC(=O)O)C(=O)c2ccc(Cl)cc2)cc1OC. The summed E-state index contributed by atoms with van der Waals surface area (Å²) in [7, 11) is 3.04. The summed E-state index contributed by atoms with van der Waals surface area (Å²) in [4.78, 5) is 25.3. The van der Waals surface area contributed by atoms with Gasteiger partial charge in [-0.2, -0.15) is 0 Å². The van der Waals surface area contributed by atoms with Gasteiger partial charge in [-0.25, -0.2) is 0 Å². The molecule has 2 aromatic rings. The van der Waals surface area contributed by atoms with Crippen molar-refractivity contribution in [1.82, 2.24) is 0 Å². The van der Waals surface area contributed by atoms with Gasteiger partial charge in [-0.05, 0) is 42.8 Å². The number of anilines is 1. The van der Waals surface area contributed by atoms with Gasteiger partial charge in [-0.3, -0.25) is 9.59 Å². The summed E-state index contributed by atoms with van der Waals surface area (Å²) in [5, 5.41) is 9.41. The van der Waals surface area contributed by atoms with Crippen LogP contribution in [0.3, 0.4) is 0 Å². The Morgan fingerprint density at radius 1 is 1.04 bits per heavy atom. The highest BCUT2D eigenvalue weighted by molar-refractivity contribution is 6.30. The summed E-state index contributed by atoms with van der Waals surface area (Å²) in [5.41, 5.74) is 1.05. The smallest absolute Gasteiger partial charge is 0.303 e. The second kappa shape index (κ2) is 9.10. The van der Waals surface area contributed by atoms with Crippen molar-refractivity contribution in [3.05, 3.63) is 53.1 Å². The molecule has 138 valence electrons. The monoisotopic (exact) mass is 377 g/mol. The molecule has 1 amide bonds. The van der Waals surface area contributed by atoms with Gasteiger partial charge in [0, 0.05) is 35.3 Å². The van der Waals surface area contributed by atoms with E-state index in [1.54, 1.807) is 42.5 Å².